The van der Waals surface area contributed by atoms with Crippen LogP contribution < -0.4 is 0 Å². The van der Waals surface area contributed by atoms with Crippen molar-refractivity contribution in [3.05, 3.63) is 0 Å². The third kappa shape index (κ3) is 5.00. The molecule has 0 amide bonds. The van der Waals surface area contributed by atoms with Crippen molar-refractivity contribution in [2.45, 2.75) is 59.0 Å². The van der Waals surface area contributed by atoms with E-state index < -0.39 is 42.3 Å². The first kappa shape index (κ1) is 17.4. The molecule has 0 radical (unpaired) electrons. The molecule has 0 aromatic heterocycles. The van der Waals surface area contributed by atoms with Crippen LogP contribution in [0, 0.1) is 5.92 Å². The molecule has 1 aliphatic rings. The maximum absolute atomic E-state index is 11.3. The average molecular weight is 302 g/mol. The van der Waals surface area contributed by atoms with Gasteiger partial charge in [0.1, 0.15) is 6.10 Å². The number of carbonyl (C=O) groups excluding carboxylic acids is 3. The number of rotatable bonds is 4. The minimum Gasteiger partial charge on any atom is -0.456 e. The Hall–Kier alpha value is -1.63. The zero-order chi connectivity index (χ0) is 16.2. The lowest BCUT2D eigenvalue weighted by atomic mass is 9.92. The lowest BCUT2D eigenvalue weighted by Gasteiger charge is -2.42. The first-order chi connectivity index (χ1) is 9.72. The topological polar surface area (TPSA) is 88.1 Å². The van der Waals surface area contributed by atoms with E-state index >= 15 is 0 Å². The van der Waals surface area contributed by atoms with E-state index in [4.69, 9.17) is 18.9 Å². The summed E-state index contributed by atoms with van der Waals surface area (Å²) in [6.07, 6.45) is -2.93. The Balaban J connectivity index is 3.03. The van der Waals surface area contributed by atoms with Gasteiger partial charge in [-0.1, -0.05) is 13.8 Å². The standard InChI is InChI=1S/C14H22O7/c1-7(2)12-14(21-10(5)17)13(20-9(4)16)11(6-18-12)19-8(3)15/h7,11-14H,6H2,1-5H3. The van der Waals surface area contributed by atoms with Crippen molar-refractivity contribution in [2.75, 3.05) is 6.61 Å². The van der Waals surface area contributed by atoms with E-state index in [1.807, 2.05) is 13.8 Å². The van der Waals surface area contributed by atoms with Gasteiger partial charge in [-0.2, -0.15) is 0 Å². The fourth-order valence-electron chi connectivity index (χ4n) is 2.34. The number of hydrogen-bond donors (Lipinski definition) is 0. The van der Waals surface area contributed by atoms with E-state index in [0.717, 1.165) is 0 Å². The van der Waals surface area contributed by atoms with Crippen LogP contribution in [-0.2, 0) is 33.3 Å². The highest BCUT2D eigenvalue weighted by Gasteiger charge is 2.47. The summed E-state index contributed by atoms with van der Waals surface area (Å²) in [6.45, 7) is 7.64. The summed E-state index contributed by atoms with van der Waals surface area (Å²) in [7, 11) is 0. The van der Waals surface area contributed by atoms with Crippen LogP contribution in [0.3, 0.4) is 0 Å². The molecular weight excluding hydrogens is 280 g/mol. The highest BCUT2D eigenvalue weighted by Crippen LogP contribution is 2.28. The number of esters is 3. The van der Waals surface area contributed by atoms with E-state index in [1.54, 1.807) is 0 Å². The third-order valence-corrected chi connectivity index (χ3v) is 3.05. The van der Waals surface area contributed by atoms with Crippen LogP contribution in [0.2, 0.25) is 0 Å². The van der Waals surface area contributed by atoms with Crippen LogP contribution in [0.5, 0.6) is 0 Å². The molecule has 120 valence electrons. The van der Waals surface area contributed by atoms with Crippen molar-refractivity contribution in [2.24, 2.45) is 5.92 Å². The first-order valence-electron chi connectivity index (χ1n) is 6.85. The van der Waals surface area contributed by atoms with Gasteiger partial charge in [-0.15, -0.1) is 0 Å². The van der Waals surface area contributed by atoms with Crippen LogP contribution in [0.15, 0.2) is 0 Å². The number of ether oxygens (including phenoxy) is 4. The SMILES string of the molecule is CC(=O)OC1COC(C(C)C)C(OC(C)=O)C1OC(C)=O. The Labute approximate surface area is 123 Å². The zero-order valence-electron chi connectivity index (χ0n) is 13.0. The van der Waals surface area contributed by atoms with Gasteiger partial charge in [0.2, 0.25) is 0 Å². The fraction of sp³-hybridized carbons (Fsp3) is 0.786. The quantitative estimate of drug-likeness (QED) is 0.561. The molecule has 1 heterocycles. The minimum atomic E-state index is -0.878. The maximum atomic E-state index is 11.3. The highest BCUT2D eigenvalue weighted by atomic mass is 16.6. The molecule has 0 aromatic rings. The van der Waals surface area contributed by atoms with Gasteiger partial charge < -0.3 is 18.9 Å². The summed E-state index contributed by atoms with van der Waals surface area (Å²) in [6, 6.07) is 0. The molecule has 0 aliphatic carbocycles. The molecular formula is C14H22O7. The highest BCUT2D eigenvalue weighted by molar-refractivity contribution is 5.68. The molecule has 0 N–H and O–H groups in total. The number of carbonyl (C=O) groups is 3. The van der Waals surface area contributed by atoms with Crippen LogP contribution in [0.25, 0.3) is 0 Å². The normalized spacial score (nSPS) is 28.9. The van der Waals surface area contributed by atoms with Crippen molar-refractivity contribution in [3.63, 3.8) is 0 Å². The van der Waals surface area contributed by atoms with Crippen molar-refractivity contribution in [1.29, 1.82) is 0 Å². The average Bonchev–Trinajstić information content (AvgIpc) is 2.31. The van der Waals surface area contributed by atoms with E-state index in [1.165, 1.54) is 20.8 Å². The molecule has 1 rings (SSSR count). The van der Waals surface area contributed by atoms with Gasteiger partial charge >= 0.3 is 17.9 Å². The molecule has 1 fully saturated rings. The van der Waals surface area contributed by atoms with Crippen LogP contribution in [0.4, 0.5) is 0 Å². The lowest BCUT2D eigenvalue weighted by Crippen LogP contribution is -2.58. The molecule has 7 heteroatoms. The zero-order valence-corrected chi connectivity index (χ0v) is 13.0. The van der Waals surface area contributed by atoms with Gasteiger partial charge in [0, 0.05) is 20.8 Å². The Morgan fingerprint density at radius 2 is 1.38 bits per heavy atom. The number of hydrogen-bond acceptors (Lipinski definition) is 7. The first-order valence-corrected chi connectivity index (χ1v) is 6.85. The van der Waals surface area contributed by atoms with Gasteiger partial charge in [-0.25, -0.2) is 0 Å². The van der Waals surface area contributed by atoms with Crippen LogP contribution >= 0.6 is 0 Å². The minimum absolute atomic E-state index is 0.0330. The predicted molar refractivity (Wildman–Crippen MR) is 71.2 cm³/mol. The molecule has 7 nitrogen and oxygen atoms in total. The van der Waals surface area contributed by atoms with Crippen molar-refractivity contribution >= 4 is 17.9 Å². The summed E-state index contributed by atoms with van der Waals surface area (Å²) < 4.78 is 21.2. The van der Waals surface area contributed by atoms with E-state index in [-0.39, 0.29) is 12.5 Å². The van der Waals surface area contributed by atoms with Gasteiger partial charge in [0.05, 0.1) is 6.61 Å². The third-order valence-electron chi connectivity index (χ3n) is 3.05. The van der Waals surface area contributed by atoms with Crippen LogP contribution in [0.1, 0.15) is 34.6 Å². The summed E-state index contributed by atoms with van der Waals surface area (Å²) in [4.78, 5) is 33.8. The summed E-state index contributed by atoms with van der Waals surface area (Å²) >= 11 is 0. The monoisotopic (exact) mass is 302 g/mol. The second kappa shape index (κ2) is 7.40. The van der Waals surface area contributed by atoms with Crippen molar-refractivity contribution in [1.82, 2.24) is 0 Å². The maximum Gasteiger partial charge on any atom is 0.303 e. The van der Waals surface area contributed by atoms with Gasteiger partial charge in [-0.05, 0) is 5.92 Å². The molecule has 1 saturated heterocycles. The summed E-state index contributed by atoms with van der Waals surface area (Å²) in [5, 5.41) is 0. The lowest BCUT2D eigenvalue weighted by molar-refractivity contribution is -0.231. The summed E-state index contributed by atoms with van der Waals surface area (Å²) in [5.41, 5.74) is 0. The molecule has 21 heavy (non-hydrogen) atoms. The molecule has 4 unspecified atom stereocenters. The second-order valence-electron chi connectivity index (χ2n) is 5.34. The Bertz CT molecular complexity index is 404. The molecule has 0 aromatic carbocycles. The van der Waals surface area contributed by atoms with Crippen molar-refractivity contribution in [3.8, 4) is 0 Å². The van der Waals surface area contributed by atoms with Gasteiger partial charge in [0.25, 0.3) is 0 Å². The molecule has 4 atom stereocenters. The van der Waals surface area contributed by atoms with E-state index in [0.29, 0.717) is 0 Å². The Kier molecular flexibility index (Phi) is 6.14. The Morgan fingerprint density at radius 3 is 1.81 bits per heavy atom. The molecule has 0 bridgehead atoms. The second-order valence-corrected chi connectivity index (χ2v) is 5.34. The molecule has 1 aliphatic heterocycles. The van der Waals surface area contributed by atoms with Gasteiger partial charge in [-0.3, -0.25) is 14.4 Å². The van der Waals surface area contributed by atoms with E-state index in [2.05, 4.69) is 0 Å². The Morgan fingerprint density at radius 1 is 0.905 bits per heavy atom. The van der Waals surface area contributed by atoms with Gasteiger partial charge in [0.15, 0.2) is 18.3 Å². The largest absolute Gasteiger partial charge is 0.456 e. The van der Waals surface area contributed by atoms with Crippen LogP contribution in [-0.4, -0.2) is 48.9 Å². The van der Waals surface area contributed by atoms with E-state index in [9.17, 15) is 14.4 Å². The summed E-state index contributed by atoms with van der Waals surface area (Å²) in [5.74, 6) is -1.55. The predicted octanol–water partition coefficient (Wildman–Crippen LogP) is 0.836. The smallest absolute Gasteiger partial charge is 0.303 e. The molecule has 0 saturated carbocycles. The van der Waals surface area contributed by atoms with Crippen molar-refractivity contribution < 1.29 is 33.3 Å². The fourth-order valence-corrected chi connectivity index (χ4v) is 2.34. The molecule has 0 spiro atoms.